The number of H-pyrrole nitrogens is 1. The summed E-state index contributed by atoms with van der Waals surface area (Å²) in [4.78, 5) is 11.9. The van der Waals surface area contributed by atoms with Crippen LogP contribution in [0, 0.1) is 0 Å². The van der Waals surface area contributed by atoms with Crippen LogP contribution >= 0.6 is 0 Å². The van der Waals surface area contributed by atoms with Gasteiger partial charge < -0.3 is 14.8 Å². The molecule has 0 aliphatic rings. The maximum absolute atomic E-state index is 4.10. The molecule has 3 rings (SSSR count). The second kappa shape index (κ2) is 7.68. The van der Waals surface area contributed by atoms with Crippen LogP contribution in [-0.4, -0.2) is 23.1 Å². The monoisotopic (exact) mass is 320 g/mol. The standard InChI is InChI=1S/C20H24N4/c1-3-23(15-17-14-21-16-22-17)18-10-12-20(13-11-18)24(4-2)19-8-6-5-7-9-19/h5-14,16H,3-4,15H2,1-2H3,(H,21,22). The molecule has 0 fully saturated rings. The number of nitrogens with zero attached hydrogens (tertiary/aromatic N) is 3. The smallest absolute Gasteiger partial charge is 0.0922 e. The molecule has 0 saturated heterocycles. The normalized spacial score (nSPS) is 10.6. The summed E-state index contributed by atoms with van der Waals surface area (Å²) in [5.41, 5.74) is 4.78. The number of benzene rings is 2. The molecule has 0 bridgehead atoms. The van der Waals surface area contributed by atoms with Crippen molar-refractivity contribution >= 4 is 17.1 Å². The summed E-state index contributed by atoms with van der Waals surface area (Å²) >= 11 is 0. The van der Waals surface area contributed by atoms with E-state index in [2.05, 4.69) is 88.2 Å². The van der Waals surface area contributed by atoms with E-state index >= 15 is 0 Å². The summed E-state index contributed by atoms with van der Waals surface area (Å²) in [6.45, 7) is 7.08. The maximum Gasteiger partial charge on any atom is 0.0922 e. The number of hydrogen-bond acceptors (Lipinski definition) is 3. The highest BCUT2D eigenvalue weighted by atomic mass is 15.1. The Labute approximate surface area is 143 Å². The van der Waals surface area contributed by atoms with Crippen molar-refractivity contribution in [2.45, 2.75) is 20.4 Å². The summed E-state index contributed by atoms with van der Waals surface area (Å²) in [6.07, 6.45) is 3.61. The van der Waals surface area contributed by atoms with Gasteiger partial charge in [-0.3, -0.25) is 0 Å². The van der Waals surface area contributed by atoms with Crippen LogP contribution in [0.4, 0.5) is 17.1 Å². The summed E-state index contributed by atoms with van der Waals surface area (Å²) in [6, 6.07) is 19.3. The van der Waals surface area contributed by atoms with Gasteiger partial charge in [-0.15, -0.1) is 0 Å². The van der Waals surface area contributed by atoms with E-state index in [4.69, 9.17) is 0 Å². The number of aromatic amines is 1. The number of hydrogen-bond donors (Lipinski definition) is 1. The first-order chi connectivity index (χ1) is 11.8. The van der Waals surface area contributed by atoms with Crippen LogP contribution in [0.2, 0.25) is 0 Å². The molecule has 0 amide bonds. The Morgan fingerprint density at radius 2 is 1.50 bits per heavy atom. The van der Waals surface area contributed by atoms with Crippen molar-refractivity contribution in [3.63, 3.8) is 0 Å². The van der Waals surface area contributed by atoms with Crippen LogP contribution in [0.15, 0.2) is 67.1 Å². The number of para-hydroxylation sites is 1. The Kier molecular flexibility index (Phi) is 5.16. The third-order valence-corrected chi connectivity index (χ3v) is 4.21. The molecule has 0 unspecified atom stereocenters. The van der Waals surface area contributed by atoms with E-state index in [-0.39, 0.29) is 0 Å². The van der Waals surface area contributed by atoms with E-state index < -0.39 is 0 Å². The number of rotatable bonds is 7. The lowest BCUT2D eigenvalue weighted by molar-refractivity contribution is 0.814. The first kappa shape index (κ1) is 16.1. The van der Waals surface area contributed by atoms with Crippen molar-refractivity contribution in [1.82, 2.24) is 9.97 Å². The van der Waals surface area contributed by atoms with Gasteiger partial charge in [0, 0.05) is 36.3 Å². The Morgan fingerprint density at radius 3 is 2.08 bits per heavy atom. The van der Waals surface area contributed by atoms with E-state index in [1.807, 2.05) is 6.20 Å². The van der Waals surface area contributed by atoms with E-state index in [0.717, 1.165) is 25.3 Å². The van der Waals surface area contributed by atoms with E-state index in [1.165, 1.54) is 17.1 Å². The van der Waals surface area contributed by atoms with Gasteiger partial charge in [0.25, 0.3) is 0 Å². The average Bonchev–Trinajstić information content (AvgIpc) is 3.15. The predicted molar refractivity (Wildman–Crippen MR) is 101 cm³/mol. The first-order valence-corrected chi connectivity index (χ1v) is 8.46. The molecule has 24 heavy (non-hydrogen) atoms. The molecule has 0 atom stereocenters. The fourth-order valence-electron chi connectivity index (χ4n) is 2.93. The highest BCUT2D eigenvalue weighted by Gasteiger charge is 2.09. The van der Waals surface area contributed by atoms with Crippen molar-refractivity contribution in [2.75, 3.05) is 22.9 Å². The second-order valence-corrected chi connectivity index (χ2v) is 5.69. The zero-order valence-electron chi connectivity index (χ0n) is 14.3. The minimum absolute atomic E-state index is 0.839. The fourth-order valence-corrected chi connectivity index (χ4v) is 2.93. The van der Waals surface area contributed by atoms with Gasteiger partial charge in [-0.2, -0.15) is 0 Å². The lowest BCUT2D eigenvalue weighted by Crippen LogP contribution is -2.22. The van der Waals surface area contributed by atoms with Crippen molar-refractivity contribution < 1.29 is 0 Å². The molecule has 0 radical (unpaired) electrons. The highest BCUT2D eigenvalue weighted by Crippen LogP contribution is 2.27. The van der Waals surface area contributed by atoms with Crippen LogP contribution in [0.1, 0.15) is 19.5 Å². The fraction of sp³-hybridized carbons (Fsp3) is 0.250. The van der Waals surface area contributed by atoms with E-state index in [0.29, 0.717) is 0 Å². The van der Waals surface area contributed by atoms with Crippen LogP contribution in [0.3, 0.4) is 0 Å². The van der Waals surface area contributed by atoms with Gasteiger partial charge in [-0.05, 0) is 50.2 Å². The van der Waals surface area contributed by atoms with Gasteiger partial charge >= 0.3 is 0 Å². The molecule has 4 heteroatoms. The molecule has 4 nitrogen and oxygen atoms in total. The summed E-state index contributed by atoms with van der Waals surface area (Å²) < 4.78 is 0. The Balaban J connectivity index is 1.78. The molecule has 0 aliphatic heterocycles. The quantitative estimate of drug-likeness (QED) is 0.691. The maximum atomic E-state index is 4.10. The highest BCUT2D eigenvalue weighted by molar-refractivity contribution is 5.65. The molecule has 2 aromatic carbocycles. The van der Waals surface area contributed by atoms with E-state index in [1.54, 1.807) is 6.33 Å². The van der Waals surface area contributed by atoms with Gasteiger partial charge in [0.15, 0.2) is 0 Å². The molecule has 0 saturated carbocycles. The molecule has 0 aliphatic carbocycles. The lowest BCUT2D eigenvalue weighted by atomic mass is 10.2. The molecule has 0 spiro atoms. The van der Waals surface area contributed by atoms with Gasteiger partial charge in [0.2, 0.25) is 0 Å². The summed E-state index contributed by atoms with van der Waals surface area (Å²) in [7, 11) is 0. The minimum atomic E-state index is 0.839. The summed E-state index contributed by atoms with van der Waals surface area (Å²) in [5, 5.41) is 0. The van der Waals surface area contributed by atoms with Gasteiger partial charge in [-0.1, -0.05) is 18.2 Å². The largest absolute Gasteiger partial charge is 0.366 e. The zero-order chi connectivity index (χ0) is 16.8. The van der Waals surface area contributed by atoms with E-state index in [9.17, 15) is 0 Å². The van der Waals surface area contributed by atoms with Crippen molar-refractivity contribution in [1.29, 1.82) is 0 Å². The molecular formula is C20H24N4. The van der Waals surface area contributed by atoms with Crippen LogP contribution in [0.25, 0.3) is 0 Å². The Bertz CT molecular complexity index is 720. The lowest BCUT2D eigenvalue weighted by Gasteiger charge is -2.26. The SMILES string of the molecule is CCN(Cc1cnc[nH]1)c1ccc(N(CC)c2ccccc2)cc1. The Hall–Kier alpha value is -2.75. The second-order valence-electron chi connectivity index (χ2n) is 5.69. The summed E-state index contributed by atoms with van der Waals surface area (Å²) in [5.74, 6) is 0. The molecule has 1 N–H and O–H groups in total. The zero-order valence-corrected chi connectivity index (χ0v) is 14.3. The van der Waals surface area contributed by atoms with Gasteiger partial charge in [-0.25, -0.2) is 4.98 Å². The first-order valence-electron chi connectivity index (χ1n) is 8.46. The molecule has 124 valence electrons. The van der Waals surface area contributed by atoms with Crippen molar-refractivity contribution in [2.24, 2.45) is 0 Å². The van der Waals surface area contributed by atoms with Crippen molar-refractivity contribution in [3.8, 4) is 0 Å². The number of imidazole rings is 1. The van der Waals surface area contributed by atoms with Crippen LogP contribution in [-0.2, 0) is 6.54 Å². The number of nitrogens with one attached hydrogen (secondary N) is 1. The predicted octanol–water partition coefficient (Wildman–Crippen LogP) is 4.59. The molecule has 1 heterocycles. The number of aromatic nitrogens is 2. The topological polar surface area (TPSA) is 35.2 Å². The Morgan fingerprint density at radius 1 is 0.833 bits per heavy atom. The molecule has 1 aromatic heterocycles. The molecule has 3 aromatic rings. The van der Waals surface area contributed by atoms with Gasteiger partial charge in [0.05, 0.1) is 18.6 Å². The third-order valence-electron chi connectivity index (χ3n) is 4.21. The third kappa shape index (κ3) is 3.59. The average molecular weight is 320 g/mol. The number of anilines is 3. The van der Waals surface area contributed by atoms with Crippen molar-refractivity contribution in [3.05, 3.63) is 72.8 Å². The van der Waals surface area contributed by atoms with Crippen LogP contribution < -0.4 is 9.80 Å². The molecular weight excluding hydrogens is 296 g/mol. The minimum Gasteiger partial charge on any atom is -0.366 e. The van der Waals surface area contributed by atoms with Gasteiger partial charge in [0.1, 0.15) is 0 Å². The van der Waals surface area contributed by atoms with Crippen LogP contribution in [0.5, 0.6) is 0 Å².